The van der Waals surface area contributed by atoms with Gasteiger partial charge in [-0.3, -0.25) is 19.3 Å². The van der Waals surface area contributed by atoms with Crippen LogP contribution in [0.1, 0.15) is 32.1 Å². The Labute approximate surface area is 167 Å². The van der Waals surface area contributed by atoms with E-state index in [1.54, 1.807) is 0 Å². The van der Waals surface area contributed by atoms with Gasteiger partial charge in [0, 0.05) is 19.7 Å². The first-order valence-corrected chi connectivity index (χ1v) is 10.1. The largest absolute Gasteiger partial charge is 0.483 e. The third-order valence-corrected chi connectivity index (χ3v) is 5.40. The molecule has 1 atom stereocenters. The molecule has 3 fully saturated rings. The summed E-state index contributed by atoms with van der Waals surface area (Å²) in [5.74, 6) is 1.63. The van der Waals surface area contributed by atoms with Gasteiger partial charge in [-0.15, -0.1) is 0 Å². The summed E-state index contributed by atoms with van der Waals surface area (Å²) < 4.78 is 5.46. The third kappa shape index (κ3) is 10.6. The van der Waals surface area contributed by atoms with E-state index in [9.17, 15) is 4.79 Å². The molecule has 0 saturated carbocycles. The molecule has 0 spiro atoms. The second-order valence-electron chi connectivity index (χ2n) is 7.47. The van der Waals surface area contributed by atoms with Gasteiger partial charge in [0.15, 0.2) is 0 Å². The standard InChI is InChI=1S/C17H31N3O2.2CH2O2/c21-17(13-19-6-1-2-7-19)18-11-15-3-8-20(9-4-15)12-16-5-10-22-14-16;2*2-1-3/h15-16H,1-14H2,(H,18,21);2*1H,(H,2,3). The molecule has 28 heavy (non-hydrogen) atoms. The van der Waals surface area contributed by atoms with Gasteiger partial charge in [-0.1, -0.05) is 0 Å². The average Bonchev–Trinajstić information content (AvgIpc) is 3.37. The summed E-state index contributed by atoms with van der Waals surface area (Å²) in [5, 5.41) is 16.9. The summed E-state index contributed by atoms with van der Waals surface area (Å²) >= 11 is 0. The molecule has 3 aliphatic rings. The fraction of sp³-hybridized carbons (Fsp3) is 0.842. The Kier molecular flexibility index (Phi) is 13.2. The molecule has 0 aromatic carbocycles. The lowest BCUT2D eigenvalue weighted by atomic mass is 9.95. The minimum absolute atomic E-state index is 0.215. The zero-order valence-electron chi connectivity index (χ0n) is 16.6. The number of nitrogens with one attached hydrogen (secondary N) is 1. The maximum atomic E-state index is 12.0. The number of carbonyl (C=O) groups is 3. The zero-order valence-corrected chi connectivity index (χ0v) is 16.6. The maximum absolute atomic E-state index is 12.0. The second kappa shape index (κ2) is 15.2. The molecule has 3 aliphatic heterocycles. The molecule has 0 radical (unpaired) electrons. The Morgan fingerprint density at radius 2 is 1.57 bits per heavy atom. The normalized spacial score (nSPS) is 23.1. The average molecular weight is 402 g/mol. The van der Waals surface area contributed by atoms with Gasteiger partial charge in [0.05, 0.1) is 13.2 Å². The van der Waals surface area contributed by atoms with E-state index in [2.05, 4.69) is 15.1 Å². The van der Waals surface area contributed by atoms with E-state index in [0.717, 1.165) is 38.8 Å². The number of likely N-dealkylation sites (tertiary alicyclic amines) is 2. The number of carbonyl (C=O) groups excluding carboxylic acids is 1. The van der Waals surface area contributed by atoms with E-state index >= 15 is 0 Å². The van der Waals surface area contributed by atoms with Crippen LogP contribution in [-0.4, -0.2) is 97.9 Å². The Hall–Kier alpha value is -1.71. The summed E-state index contributed by atoms with van der Waals surface area (Å²) in [6.45, 7) is 8.62. The summed E-state index contributed by atoms with van der Waals surface area (Å²) in [6.07, 6.45) is 6.16. The lowest BCUT2D eigenvalue weighted by molar-refractivity contribution is -0.123. The number of hydrogen-bond donors (Lipinski definition) is 3. The zero-order chi connectivity index (χ0) is 20.6. The van der Waals surface area contributed by atoms with Crippen LogP contribution >= 0.6 is 0 Å². The van der Waals surface area contributed by atoms with Crippen LogP contribution in [0.15, 0.2) is 0 Å². The van der Waals surface area contributed by atoms with Gasteiger partial charge in [-0.25, -0.2) is 0 Å². The van der Waals surface area contributed by atoms with Crippen LogP contribution in [0.3, 0.4) is 0 Å². The topological polar surface area (TPSA) is 119 Å². The lowest BCUT2D eigenvalue weighted by Gasteiger charge is -2.33. The minimum atomic E-state index is -0.250. The van der Waals surface area contributed by atoms with E-state index in [-0.39, 0.29) is 18.9 Å². The highest BCUT2D eigenvalue weighted by molar-refractivity contribution is 5.78. The van der Waals surface area contributed by atoms with Crippen LogP contribution in [0.25, 0.3) is 0 Å². The maximum Gasteiger partial charge on any atom is 0.290 e. The van der Waals surface area contributed by atoms with Crippen molar-refractivity contribution >= 4 is 18.9 Å². The van der Waals surface area contributed by atoms with Crippen molar-refractivity contribution in [2.45, 2.75) is 32.1 Å². The highest BCUT2D eigenvalue weighted by Crippen LogP contribution is 2.20. The number of hydrogen-bond acceptors (Lipinski definition) is 6. The number of carboxylic acid groups (broad SMARTS) is 2. The predicted octanol–water partition coefficient (Wildman–Crippen LogP) is 0.349. The Morgan fingerprint density at radius 3 is 2.11 bits per heavy atom. The molecule has 1 unspecified atom stereocenters. The highest BCUT2D eigenvalue weighted by Gasteiger charge is 2.24. The summed E-state index contributed by atoms with van der Waals surface area (Å²) in [7, 11) is 0. The molecule has 3 rings (SSSR count). The molecule has 9 heteroatoms. The van der Waals surface area contributed by atoms with Gasteiger partial charge in [0.2, 0.25) is 5.91 Å². The molecule has 0 bridgehead atoms. The Morgan fingerprint density at radius 1 is 0.964 bits per heavy atom. The molecule has 0 aromatic rings. The summed E-state index contributed by atoms with van der Waals surface area (Å²) in [6, 6.07) is 0. The molecule has 3 heterocycles. The second-order valence-corrected chi connectivity index (χ2v) is 7.47. The number of rotatable bonds is 6. The molecular formula is C19H35N3O6. The van der Waals surface area contributed by atoms with Crippen LogP contribution in [0.2, 0.25) is 0 Å². The van der Waals surface area contributed by atoms with Crippen LogP contribution in [0.5, 0.6) is 0 Å². The molecule has 0 aliphatic carbocycles. The van der Waals surface area contributed by atoms with Crippen LogP contribution < -0.4 is 5.32 Å². The van der Waals surface area contributed by atoms with Gasteiger partial charge < -0.3 is 25.2 Å². The van der Waals surface area contributed by atoms with Crippen molar-refractivity contribution < 1.29 is 29.3 Å². The molecule has 3 N–H and O–H groups in total. The van der Waals surface area contributed by atoms with Crippen molar-refractivity contribution in [3.63, 3.8) is 0 Å². The fourth-order valence-electron chi connectivity index (χ4n) is 3.92. The van der Waals surface area contributed by atoms with Crippen molar-refractivity contribution in [1.29, 1.82) is 0 Å². The van der Waals surface area contributed by atoms with E-state index in [1.807, 2.05) is 0 Å². The van der Waals surface area contributed by atoms with Gasteiger partial charge in [0.1, 0.15) is 0 Å². The first kappa shape index (κ1) is 24.3. The first-order chi connectivity index (χ1) is 13.6. The van der Waals surface area contributed by atoms with E-state index in [4.69, 9.17) is 24.5 Å². The van der Waals surface area contributed by atoms with E-state index < -0.39 is 0 Å². The highest BCUT2D eigenvalue weighted by atomic mass is 16.5. The van der Waals surface area contributed by atoms with Gasteiger partial charge >= 0.3 is 0 Å². The van der Waals surface area contributed by atoms with E-state index in [0.29, 0.717) is 12.5 Å². The van der Waals surface area contributed by atoms with Crippen molar-refractivity contribution in [1.82, 2.24) is 15.1 Å². The van der Waals surface area contributed by atoms with Crippen LogP contribution in [0.4, 0.5) is 0 Å². The SMILES string of the molecule is O=C(CN1CCCC1)NCC1CCN(CC2CCOC2)CC1.O=CO.O=CO. The van der Waals surface area contributed by atoms with Crippen LogP contribution in [-0.2, 0) is 19.1 Å². The summed E-state index contributed by atoms with van der Waals surface area (Å²) in [5.41, 5.74) is 0. The van der Waals surface area contributed by atoms with Crippen molar-refractivity contribution in [3.8, 4) is 0 Å². The van der Waals surface area contributed by atoms with E-state index in [1.165, 1.54) is 51.7 Å². The van der Waals surface area contributed by atoms with Crippen molar-refractivity contribution in [2.24, 2.45) is 11.8 Å². The van der Waals surface area contributed by atoms with Gasteiger partial charge in [-0.2, -0.15) is 0 Å². The molecule has 0 aromatic heterocycles. The van der Waals surface area contributed by atoms with Gasteiger partial charge in [0.25, 0.3) is 12.9 Å². The summed E-state index contributed by atoms with van der Waals surface area (Å²) in [4.78, 5) is 33.5. The molecule has 162 valence electrons. The predicted molar refractivity (Wildman–Crippen MR) is 104 cm³/mol. The lowest BCUT2D eigenvalue weighted by Crippen LogP contribution is -2.42. The molecule has 1 amide bonds. The van der Waals surface area contributed by atoms with Crippen molar-refractivity contribution in [3.05, 3.63) is 0 Å². The Balaban J connectivity index is 0.000000582. The monoisotopic (exact) mass is 401 g/mol. The van der Waals surface area contributed by atoms with Crippen LogP contribution in [0, 0.1) is 11.8 Å². The number of piperidine rings is 1. The van der Waals surface area contributed by atoms with Gasteiger partial charge in [-0.05, 0) is 70.1 Å². The van der Waals surface area contributed by atoms with Crippen molar-refractivity contribution in [2.75, 3.05) is 59.0 Å². The number of ether oxygens (including phenoxy) is 1. The molecular weight excluding hydrogens is 366 g/mol. The number of amides is 1. The Bertz CT molecular complexity index is 425. The third-order valence-electron chi connectivity index (χ3n) is 5.40. The molecule has 9 nitrogen and oxygen atoms in total. The minimum Gasteiger partial charge on any atom is -0.483 e. The molecule has 3 saturated heterocycles. The smallest absolute Gasteiger partial charge is 0.290 e. The first-order valence-electron chi connectivity index (χ1n) is 10.1. The fourth-order valence-corrected chi connectivity index (χ4v) is 3.92. The quantitative estimate of drug-likeness (QED) is 0.546. The number of nitrogens with zero attached hydrogens (tertiary/aromatic N) is 2.